The van der Waals surface area contributed by atoms with Crippen molar-refractivity contribution in [3.63, 3.8) is 0 Å². The fraction of sp³-hybridized carbons (Fsp3) is 0.188. The summed E-state index contributed by atoms with van der Waals surface area (Å²) in [4.78, 5) is 11.9. The standard InChI is InChI=1S/C16H16Cl2N2O3S/c1-10(2)19-16(21)11-6-8-12(9-7-11)24(22,23)20-15-13(17)4-3-5-14(15)18/h3-10,20H,1-2H3,(H,19,21). The Morgan fingerprint density at radius 3 is 2.04 bits per heavy atom. The van der Waals surface area contributed by atoms with Gasteiger partial charge in [-0.05, 0) is 50.2 Å². The largest absolute Gasteiger partial charge is 0.350 e. The van der Waals surface area contributed by atoms with Crippen LogP contribution in [-0.2, 0) is 10.0 Å². The molecule has 1 amide bonds. The summed E-state index contributed by atoms with van der Waals surface area (Å²) in [5.74, 6) is -0.268. The van der Waals surface area contributed by atoms with Crippen LogP contribution in [0.4, 0.5) is 5.69 Å². The van der Waals surface area contributed by atoms with Crippen molar-refractivity contribution in [1.29, 1.82) is 0 Å². The predicted molar refractivity (Wildman–Crippen MR) is 96.3 cm³/mol. The fourth-order valence-corrected chi connectivity index (χ4v) is 3.62. The van der Waals surface area contributed by atoms with Gasteiger partial charge in [0.15, 0.2) is 0 Å². The average Bonchev–Trinajstić information content (AvgIpc) is 2.50. The Morgan fingerprint density at radius 1 is 1.00 bits per heavy atom. The molecule has 128 valence electrons. The smallest absolute Gasteiger partial charge is 0.261 e. The molecule has 0 atom stereocenters. The molecule has 5 nitrogen and oxygen atoms in total. The molecule has 0 heterocycles. The number of anilines is 1. The zero-order chi connectivity index (χ0) is 17.9. The number of benzene rings is 2. The van der Waals surface area contributed by atoms with E-state index < -0.39 is 10.0 Å². The number of para-hydroxylation sites is 1. The molecule has 2 rings (SSSR count). The lowest BCUT2D eigenvalue weighted by Gasteiger charge is -2.12. The van der Waals surface area contributed by atoms with Gasteiger partial charge in [0.05, 0.1) is 20.6 Å². The Balaban J connectivity index is 2.26. The van der Waals surface area contributed by atoms with Gasteiger partial charge in [0.2, 0.25) is 0 Å². The first-order valence-electron chi connectivity index (χ1n) is 7.08. The van der Waals surface area contributed by atoms with E-state index >= 15 is 0 Å². The van der Waals surface area contributed by atoms with E-state index in [1.165, 1.54) is 36.4 Å². The van der Waals surface area contributed by atoms with Crippen LogP contribution in [0.15, 0.2) is 47.4 Å². The van der Waals surface area contributed by atoms with Gasteiger partial charge in [-0.25, -0.2) is 8.42 Å². The van der Waals surface area contributed by atoms with Gasteiger partial charge in [-0.1, -0.05) is 29.3 Å². The molecule has 0 aliphatic carbocycles. The van der Waals surface area contributed by atoms with Crippen molar-refractivity contribution in [3.05, 3.63) is 58.1 Å². The number of hydrogen-bond donors (Lipinski definition) is 2. The third-order valence-corrected chi connectivity index (χ3v) is 5.04. The number of sulfonamides is 1. The van der Waals surface area contributed by atoms with Crippen LogP contribution >= 0.6 is 23.2 Å². The van der Waals surface area contributed by atoms with E-state index in [1.807, 2.05) is 13.8 Å². The van der Waals surface area contributed by atoms with Gasteiger partial charge < -0.3 is 5.32 Å². The Bertz CT molecular complexity index is 830. The monoisotopic (exact) mass is 386 g/mol. The molecule has 0 saturated heterocycles. The van der Waals surface area contributed by atoms with Crippen LogP contribution in [0.5, 0.6) is 0 Å². The highest BCUT2D eigenvalue weighted by atomic mass is 35.5. The van der Waals surface area contributed by atoms with Crippen molar-refractivity contribution in [1.82, 2.24) is 5.32 Å². The van der Waals surface area contributed by atoms with E-state index in [2.05, 4.69) is 10.0 Å². The van der Waals surface area contributed by atoms with Crippen molar-refractivity contribution in [2.24, 2.45) is 0 Å². The van der Waals surface area contributed by atoms with E-state index in [-0.39, 0.29) is 32.6 Å². The van der Waals surface area contributed by atoms with E-state index in [0.29, 0.717) is 5.56 Å². The van der Waals surface area contributed by atoms with E-state index in [9.17, 15) is 13.2 Å². The Morgan fingerprint density at radius 2 is 1.54 bits per heavy atom. The van der Waals surface area contributed by atoms with Gasteiger partial charge in [0.25, 0.3) is 15.9 Å². The molecule has 0 unspecified atom stereocenters. The average molecular weight is 387 g/mol. The maximum absolute atomic E-state index is 12.4. The highest BCUT2D eigenvalue weighted by Gasteiger charge is 2.18. The molecular weight excluding hydrogens is 371 g/mol. The maximum Gasteiger partial charge on any atom is 0.261 e. The second-order valence-electron chi connectivity index (χ2n) is 5.35. The molecule has 0 spiro atoms. The number of carbonyl (C=O) groups is 1. The highest BCUT2D eigenvalue weighted by Crippen LogP contribution is 2.31. The lowest BCUT2D eigenvalue weighted by molar-refractivity contribution is 0.0943. The van der Waals surface area contributed by atoms with Crippen LogP contribution in [0, 0.1) is 0 Å². The van der Waals surface area contributed by atoms with Crippen LogP contribution in [-0.4, -0.2) is 20.4 Å². The third kappa shape index (κ3) is 4.41. The summed E-state index contributed by atoms with van der Waals surface area (Å²) in [7, 11) is -3.87. The molecular formula is C16H16Cl2N2O3S. The topological polar surface area (TPSA) is 75.3 Å². The quantitative estimate of drug-likeness (QED) is 0.816. The zero-order valence-electron chi connectivity index (χ0n) is 13.0. The summed E-state index contributed by atoms with van der Waals surface area (Å²) < 4.78 is 27.2. The van der Waals surface area contributed by atoms with E-state index in [0.717, 1.165) is 0 Å². The summed E-state index contributed by atoms with van der Waals surface area (Å²) in [6, 6.07) is 10.3. The van der Waals surface area contributed by atoms with Crippen molar-refractivity contribution in [3.8, 4) is 0 Å². The molecule has 8 heteroatoms. The van der Waals surface area contributed by atoms with Crippen LogP contribution in [0.2, 0.25) is 10.0 Å². The van der Waals surface area contributed by atoms with Gasteiger partial charge in [-0.2, -0.15) is 0 Å². The lowest BCUT2D eigenvalue weighted by atomic mass is 10.2. The molecule has 0 aromatic heterocycles. The van der Waals surface area contributed by atoms with Crippen LogP contribution in [0.3, 0.4) is 0 Å². The van der Waals surface area contributed by atoms with Gasteiger partial charge in [-0.15, -0.1) is 0 Å². The SMILES string of the molecule is CC(C)NC(=O)c1ccc(S(=O)(=O)Nc2c(Cl)cccc2Cl)cc1. The molecule has 2 aromatic rings. The Labute approximate surface area is 151 Å². The number of halogens is 2. The van der Waals surface area contributed by atoms with Crippen molar-refractivity contribution in [2.75, 3.05) is 4.72 Å². The summed E-state index contributed by atoms with van der Waals surface area (Å²) in [5.41, 5.74) is 0.487. The van der Waals surface area contributed by atoms with E-state index in [1.54, 1.807) is 6.07 Å². The molecule has 2 aromatic carbocycles. The number of nitrogens with one attached hydrogen (secondary N) is 2. The molecule has 0 bridgehead atoms. The van der Waals surface area contributed by atoms with Crippen molar-refractivity contribution < 1.29 is 13.2 Å². The normalized spacial score (nSPS) is 11.4. The summed E-state index contributed by atoms with van der Waals surface area (Å²) >= 11 is 11.9. The second kappa shape index (κ2) is 7.42. The molecule has 0 radical (unpaired) electrons. The number of carbonyl (C=O) groups excluding carboxylic acids is 1. The molecule has 0 fully saturated rings. The molecule has 2 N–H and O–H groups in total. The Kier molecular flexibility index (Phi) is 5.74. The van der Waals surface area contributed by atoms with E-state index in [4.69, 9.17) is 23.2 Å². The first kappa shape index (κ1) is 18.6. The minimum Gasteiger partial charge on any atom is -0.350 e. The van der Waals surface area contributed by atoms with Gasteiger partial charge in [0.1, 0.15) is 0 Å². The zero-order valence-corrected chi connectivity index (χ0v) is 15.3. The number of amides is 1. The first-order chi connectivity index (χ1) is 11.2. The minimum atomic E-state index is -3.87. The lowest BCUT2D eigenvalue weighted by Crippen LogP contribution is -2.30. The second-order valence-corrected chi connectivity index (χ2v) is 7.85. The van der Waals surface area contributed by atoms with Crippen LogP contribution in [0.25, 0.3) is 0 Å². The van der Waals surface area contributed by atoms with Gasteiger partial charge in [-0.3, -0.25) is 9.52 Å². The van der Waals surface area contributed by atoms with Crippen molar-refractivity contribution >= 4 is 44.8 Å². The highest BCUT2D eigenvalue weighted by molar-refractivity contribution is 7.92. The molecule has 24 heavy (non-hydrogen) atoms. The minimum absolute atomic E-state index is 0.000386. The predicted octanol–water partition coefficient (Wildman–Crippen LogP) is 3.93. The van der Waals surface area contributed by atoms with Gasteiger partial charge >= 0.3 is 0 Å². The molecule has 0 aliphatic rings. The summed E-state index contributed by atoms with van der Waals surface area (Å²) in [6.07, 6.45) is 0. The van der Waals surface area contributed by atoms with Crippen LogP contribution < -0.4 is 10.0 Å². The van der Waals surface area contributed by atoms with Gasteiger partial charge in [0, 0.05) is 11.6 Å². The van der Waals surface area contributed by atoms with Crippen LogP contribution in [0.1, 0.15) is 24.2 Å². The summed E-state index contributed by atoms with van der Waals surface area (Å²) in [6.45, 7) is 3.68. The Hall–Kier alpha value is -1.76. The van der Waals surface area contributed by atoms with Crippen molar-refractivity contribution in [2.45, 2.75) is 24.8 Å². The maximum atomic E-state index is 12.4. The third-order valence-electron chi connectivity index (χ3n) is 3.05. The first-order valence-corrected chi connectivity index (χ1v) is 9.32. The summed E-state index contributed by atoms with van der Waals surface area (Å²) in [5, 5.41) is 3.12. The molecule has 0 saturated carbocycles. The fourth-order valence-electron chi connectivity index (χ4n) is 1.92. The number of hydrogen-bond acceptors (Lipinski definition) is 3. The number of rotatable bonds is 5. The molecule has 0 aliphatic heterocycles.